The van der Waals surface area contributed by atoms with Crippen LogP contribution < -0.4 is 4.90 Å². The summed E-state index contributed by atoms with van der Waals surface area (Å²) in [5.74, 6) is -2.55. The molecule has 25 heavy (non-hydrogen) atoms. The number of amides is 1. The minimum atomic E-state index is -0.798. The zero-order chi connectivity index (χ0) is 18.4. The molecule has 0 aliphatic heterocycles. The van der Waals surface area contributed by atoms with Crippen LogP contribution in [0.4, 0.5) is 14.5 Å². The van der Waals surface area contributed by atoms with E-state index in [4.69, 9.17) is 4.74 Å². The number of aryl methyl sites for hydroxylation is 1. The van der Waals surface area contributed by atoms with Crippen LogP contribution in [0, 0.1) is 18.6 Å². The van der Waals surface area contributed by atoms with E-state index in [-0.39, 0.29) is 25.1 Å². The van der Waals surface area contributed by atoms with Crippen LogP contribution in [0.5, 0.6) is 0 Å². The average Bonchev–Trinajstić information content (AvgIpc) is 2.55. The third-order valence-corrected chi connectivity index (χ3v) is 3.56. The van der Waals surface area contributed by atoms with Gasteiger partial charge in [-0.15, -0.1) is 0 Å². The van der Waals surface area contributed by atoms with Gasteiger partial charge in [-0.1, -0.05) is 18.2 Å². The first-order valence-electron chi connectivity index (χ1n) is 7.87. The minimum absolute atomic E-state index is 0.0629. The number of hydrogen-bond donors (Lipinski definition) is 0. The highest BCUT2D eigenvalue weighted by molar-refractivity contribution is 5.98. The SMILES string of the molecule is CCOC(=O)CN(C(=O)Cc1ccc(F)cc1F)c1cccc(C)c1. The number of benzene rings is 2. The summed E-state index contributed by atoms with van der Waals surface area (Å²) >= 11 is 0. The van der Waals surface area contributed by atoms with Crippen molar-refractivity contribution in [1.82, 2.24) is 0 Å². The van der Waals surface area contributed by atoms with Crippen LogP contribution >= 0.6 is 0 Å². The summed E-state index contributed by atoms with van der Waals surface area (Å²) in [6.07, 6.45) is -0.292. The predicted octanol–water partition coefficient (Wildman–Crippen LogP) is 3.41. The van der Waals surface area contributed by atoms with Crippen LogP contribution in [-0.4, -0.2) is 25.0 Å². The molecule has 0 heterocycles. The number of carbonyl (C=O) groups is 2. The molecule has 2 aromatic rings. The molecule has 132 valence electrons. The summed E-state index contributed by atoms with van der Waals surface area (Å²) in [6.45, 7) is 3.45. The molecule has 6 heteroatoms. The van der Waals surface area contributed by atoms with Gasteiger partial charge in [0.25, 0.3) is 0 Å². The van der Waals surface area contributed by atoms with E-state index in [0.29, 0.717) is 5.69 Å². The van der Waals surface area contributed by atoms with E-state index in [1.165, 1.54) is 11.0 Å². The molecule has 0 spiro atoms. The lowest BCUT2D eigenvalue weighted by molar-refractivity contribution is -0.142. The molecule has 0 saturated heterocycles. The zero-order valence-corrected chi connectivity index (χ0v) is 14.1. The Bertz CT molecular complexity index is 777. The molecule has 0 fully saturated rings. The lowest BCUT2D eigenvalue weighted by Crippen LogP contribution is -2.37. The summed E-state index contributed by atoms with van der Waals surface area (Å²) in [7, 11) is 0. The van der Waals surface area contributed by atoms with Crippen LogP contribution in [0.25, 0.3) is 0 Å². The Balaban J connectivity index is 2.27. The number of hydrogen-bond acceptors (Lipinski definition) is 3. The topological polar surface area (TPSA) is 46.6 Å². The molecule has 0 bridgehead atoms. The summed E-state index contributed by atoms with van der Waals surface area (Å²) in [5.41, 5.74) is 1.49. The number of esters is 1. The molecule has 0 saturated carbocycles. The first kappa shape index (κ1) is 18.6. The molecule has 0 atom stereocenters. The maximum atomic E-state index is 13.8. The van der Waals surface area contributed by atoms with Crippen LogP contribution in [-0.2, 0) is 20.7 Å². The molecular formula is C19H19F2NO3. The molecule has 2 aromatic carbocycles. The van der Waals surface area contributed by atoms with Crippen molar-refractivity contribution in [3.05, 3.63) is 65.2 Å². The largest absolute Gasteiger partial charge is 0.465 e. The van der Waals surface area contributed by atoms with E-state index in [1.807, 2.05) is 13.0 Å². The standard InChI is InChI=1S/C19H19F2NO3/c1-3-25-19(24)12-22(16-6-4-5-13(2)9-16)18(23)10-14-7-8-15(20)11-17(14)21/h4-9,11H,3,10,12H2,1-2H3. The molecule has 4 nitrogen and oxygen atoms in total. The second-order valence-corrected chi connectivity index (χ2v) is 5.54. The number of ether oxygens (including phenoxy) is 1. The molecule has 0 unspecified atom stereocenters. The maximum Gasteiger partial charge on any atom is 0.326 e. The van der Waals surface area contributed by atoms with Crippen LogP contribution in [0.2, 0.25) is 0 Å². The number of rotatable bonds is 6. The minimum Gasteiger partial charge on any atom is -0.465 e. The number of halogens is 2. The molecule has 0 N–H and O–H groups in total. The Labute approximate surface area is 145 Å². The third-order valence-electron chi connectivity index (χ3n) is 3.56. The highest BCUT2D eigenvalue weighted by Gasteiger charge is 2.21. The molecule has 0 aliphatic rings. The van der Waals surface area contributed by atoms with Crippen molar-refractivity contribution in [1.29, 1.82) is 0 Å². The highest BCUT2D eigenvalue weighted by atomic mass is 19.1. The molecular weight excluding hydrogens is 328 g/mol. The zero-order valence-electron chi connectivity index (χ0n) is 14.1. The quantitative estimate of drug-likeness (QED) is 0.753. The Morgan fingerprint density at radius 3 is 2.52 bits per heavy atom. The van der Waals surface area contributed by atoms with Gasteiger partial charge in [-0.05, 0) is 43.2 Å². The smallest absolute Gasteiger partial charge is 0.326 e. The molecule has 1 amide bonds. The van der Waals surface area contributed by atoms with Crippen molar-refractivity contribution < 1.29 is 23.1 Å². The summed E-state index contributed by atoms with van der Waals surface area (Å²) < 4.78 is 31.7. The highest BCUT2D eigenvalue weighted by Crippen LogP contribution is 2.19. The van der Waals surface area contributed by atoms with Crippen molar-refractivity contribution in [3.8, 4) is 0 Å². The third kappa shape index (κ3) is 5.11. The van der Waals surface area contributed by atoms with Gasteiger partial charge in [-0.2, -0.15) is 0 Å². The summed E-state index contributed by atoms with van der Waals surface area (Å²) in [4.78, 5) is 25.7. The molecule has 0 radical (unpaired) electrons. The van der Waals surface area contributed by atoms with E-state index in [1.54, 1.807) is 25.1 Å². The molecule has 2 rings (SSSR count). The summed E-state index contributed by atoms with van der Waals surface area (Å²) in [5, 5.41) is 0. The monoisotopic (exact) mass is 347 g/mol. The fraction of sp³-hybridized carbons (Fsp3) is 0.263. The normalized spacial score (nSPS) is 10.4. The Morgan fingerprint density at radius 2 is 1.88 bits per heavy atom. The van der Waals surface area contributed by atoms with Crippen molar-refractivity contribution in [3.63, 3.8) is 0 Å². The van der Waals surface area contributed by atoms with Gasteiger partial charge in [0.2, 0.25) is 5.91 Å². The summed E-state index contributed by atoms with van der Waals surface area (Å²) in [6, 6.07) is 10.1. The van der Waals surface area contributed by atoms with Gasteiger partial charge in [-0.3, -0.25) is 9.59 Å². The number of anilines is 1. The van der Waals surface area contributed by atoms with Gasteiger partial charge in [0, 0.05) is 11.8 Å². The first-order chi connectivity index (χ1) is 11.9. The van der Waals surface area contributed by atoms with Gasteiger partial charge in [0.15, 0.2) is 0 Å². The number of nitrogens with zero attached hydrogens (tertiary/aromatic N) is 1. The predicted molar refractivity (Wildman–Crippen MR) is 90.2 cm³/mol. The lowest BCUT2D eigenvalue weighted by atomic mass is 10.1. The van der Waals surface area contributed by atoms with Crippen molar-refractivity contribution in [2.75, 3.05) is 18.1 Å². The van der Waals surface area contributed by atoms with E-state index in [0.717, 1.165) is 17.7 Å². The number of carbonyl (C=O) groups excluding carboxylic acids is 2. The van der Waals surface area contributed by atoms with Gasteiger partial charge in [-0.25, -0.2) is 8.78 Å². The van der Waals surface area contributed by atoms with E-state index >= 15 is 0 Å². The second kappa shape index (κ2) is 8.37. The van der Waals surface area contributed by atoms with E-state index in [9.17, 15) is 18.4 Å². The van der Waals surface area contributed by atoms with Crippen molar-refractivity contribution in [2.24, 2.45) is 0 Å². The van der Waals surface area contributed by atoms with Gasteiger partial charge < -0.3 is 9.64 Å². The average molecular weight is 347 g/mol. The molecule has 0 aliphatic carbocycles. The fourth-order valence-corrected chi connectivity index (χ4v) is 2.38. The van der Waals surface area contributed by atoms with E-state index in [2.05, 4.69) is 0 Å². The van der Waals surface area contributed by atoms with Crippen molar-refractivity contribution in [2.45, 2.75) is 20.3 Å². The Kier molecular flexibility index (Phi) is 6.22. The maximum absolute atomic E-state index is 13.8. The first-order valence-corrected chi connectivity index (χ1v) is 7.87. The van der Waals surface area contributed by atoms with Gasteiger partial charge >= 0.3 is 5.97 Å². The fourth-order valence-electron chi connectivity index (χ4n) is 2.38. The molecule has 0 aromatic heterocycles. The van der Waals surface area contributed by atoms with Crippen LogP contribution in [0.1, 0.15) is 18.1 Å². The lowest BCUT2D eigenvalue weighted by Gasteiger charge is -2.22. The second-order valence-electron chi connectivity index (χ2n) is 5.54. The van der Waals surface area contributed by atoms with Gasteiger partial charge in [0.1, 0.15) is 18.2 Å². The Morgan fingerprint density at radius 1 is 1.12 bits per heavy atom. The van der Waals surface area contributed by atoms with Crippen molar-refractivity contribution >= 4 is 17.6 Å². The van der Waals surface area contributed by atoms with Crippen LogP contribution in [0.3, 0.4) is 0 Å². The Hall–Kier alpha value is -2.76. The van der Waals surface area contributed by atoms with Gasteiger partial charge in [0.05, 0.1) is 13.0 Å². The van der Waals surface area contributed by atoms with Crippen LogP contribution in [0.15, 0.2) is 42.5 Å². The van der Waals surface area contributed by atoms with E-state index < -0.39 is 23.5 Å².